The van der Waals surface area contributed by atoms with Crippen molar-refractivity contribution in [1.82, 2.24) is 4.98 Å². The van der Waals surface area contributed by atoms with E-state index < -0.39 is 0 Å². The molecule has 0 fully saturated rings. The Labute approximate surface area is 111 Å². The molecule has 0 amide bonds. The van der Waals surface area contributed by atoms with Gasteiger partial charge in [-0.25, -0.2) is 4.98 Å². The summed E-state index contributed by atoms with van der Waals surface area (Å²) in [5, 5.41) is 1.14. The average Bonchev–Trinajstić information content (AvgIpc) is 2.39. The van der Waals surface area contributed by atoms with E-state index >= 15 is 0 Å². The highest BCUT2D eigenvalue weighted by Crippen LogP contribution is 2.30. The summed E-state index contributed by atoms with van der Waals surface area (Å²) in [6, 6.07) is 14.7. The van der Waals surface area contributed by atoms with E-state index in [9.17, 15) is 0 Å². The van der Waals surface area contributed by atoms with Gasteiger partial charge < -0.3 is 0 Å². The molecule has 0 aliphatic heterocycles. The molecular formula is C14H15NS2. The maximum Gasteiger partial charge on any atom is 0.110 e. The molecule has 2 aromatic rings. The fraction of sp³-hybridized carbons (Fsp3) is 0.214. The third-order valence-electron chi connectivity index (χ3n) is 2.25. The zero-order valence-corrected chi connectivity index (χ0v) is 11.4. The number of pyridine rings is 1. The van der Waals surface area contributed by atoms with Gasteiger partial charge in [0.1, 0.15) is 5.03 Å². The maximum atomic E-state index is 4.45. The fourth-order valence-corrected chi connectivity index (χ4v) is 3.33. The molecule has 2 rings (SSSR count). The zero-order chi connectivity index (χ0) is 11.9. The number of nitrogens with zero attached hydrogens (tertiary/aromatic N) is 1. The SMILES string of the molecule is CCSc1cccnc1SCc1ccccc1. The third kappa shape index (κ3) is 3.79. The van der Waals surface area contributed by atoms with Crippen LogP contribution in [0.4, 0.5) is 0 Å². The van der Waals surface area contributed by atoms with Crippen molar-refractivity contribution in [3.05, 3.63) is 54.2 Å². The zero-order valence-electron chi connectivity index (χ0n) is 9.80. The largest absolute Gasteiger partial charge is 0.249 e. The lowest BCUT2D eigenvalue weighted by molar-refractivity contribution is 1.03. The van der Waals surface area contributed by atoms with E-state index in [-0.39, 0.29) is 0 Å². The Morgan fingerprint density at radius 1 is 1.00 bits per heavy atom. The maximum absolute atomic E-state index is 4.45. The van der Waals surface area contributed by atoms with Crippen molar-refractivity contribution in [1.29, 1.82) is 0 Å². The van der Waals surface area contributed by atoms with Gasteiger partial charge in [0.25, 0.3) is 0 Å². The second-order valence-corrected chi connectivity index (χ2v) is 5.78. The second kappa shape index (κ2) is 6.72. The van der Waals surface area contributed by atoms with Gasteiger partial charge in [0.15, 0.2) is 0 Å². The molecule has 88 valence electrons. The Morgan fingerprint density at radius 2 is 1.82 bits per heavy atom. The molecule has 0 saturated carbocycles. The number of hydrogen-bond donors (Lipinski definition) is 0. The van der Waals surface area contributed by atoms with E-state index in [1.807, 2.05) is 41.9 Å². The topological polar surface area (TPSA) is 12.9 Å². The third-order valence-corrected chi connectivity index (χ3v) is 4.39. The summed E-state index contributed by atoms with van der Waals surface area (Å²) in [5.74, 6) is 2.07. The normalized spacial score (nSPS) is 10.4. The van der Waals surface area contributed by atoms with Gasteiger partial charge in [-0.05, 0) is 23.4 Å². The number of thioether (sulfide) groups is 2. The van der Waals surface area contributed by atoms with Crippen molar-refractivity contribution >= 4 is 23.5 Å². The molecule has 1 aromatic carbocycles. The molecule has 0 bridgehead atoms. The minimum absolute atomic E-state index is 0.981. The Hall–Kier alpha value is -0.930. The molecular weight excluding hydrogens is 246 g/mol. The van der Waals surface area contributed by atoms with Crippen molar-refractivity contribution in [2.24, 2.45) is 0 Å². The van der Waals surface area contributed by atoms with Crippen LogP contribution in [0.15, 0.2) is 58.6 Å². The van der Waals surface area contributed by atoms with Crippen LogP contribution in [0.3, 0.4) is 0 Å². The molecule has 0 radical (unpaired) electrons. The van der Waals surface area contributed by atoms with Crippen LogP contribution < -0.4 is 0 Å². The minimum atomic E-state index is 0.981. The van der Waals surface area contributed by atoms with Crippen LogP contribution >= 0.6 is 23.5 Å². The molecule has 0 saturated heterocycles. The lowest BCUT2D eigenvalue weighted by Crippen LogP contribution is -1.86. The molecule has 3 heteroatoms. The summed E-state index contributed by atoms with van der Waals surface area (Å²) in [4.78, 5) is 5.74. The lowest BCUT2D eigenvalue weighted by Gasteiger charge is -2.06. The van der Waals surface area contributed by atoms with Crippen molar-refractivity contribution in [2.75, 3.05) is 5.75 Å². The van der Waals surface area contributed by atoms with Crippen molar-refractivity contribution in [3.63, 3.8) is 0 Å². The van der Waals surface area contributed by atoms with Gasteiger partial charge in [0.2, 0.25) is 0 Å². The first kappa shape index (κ1) is 12.5. The quantitative estimate of drug-likeness (QED) is 0.736. The molecule has 0 aliphatic carbocycles. The molecule has 1 nitrogen and oxygen atoms in total. The van der Waals surface area contributed by atoms with Crippen molar-refractivity contribution in [2.45, 2.75) is 22.6 Å². The molecule has 1 heterocycles. The van der Waals surface area contributed by atoms with E-state index in [0.717, 1.165) is 16.5 Å². The molecule has 0 spiro atoms. The molecule has 17 heavy (non-hydrogen) atoms. The molecule has 0 aliphatic rings. The highest BCUT2D eigenvalue weighted by Gasteiger charge is 2.04. The van der Waals surface area contributed by atoms with Crippen molar-refractivity contribution < 1.29 is 0 Å². The predicted octanol–water partition coefficient (Wildman–Crippen LogP) is 4.49. The number of aromatic nitrogens is 1. The lowest BCUT2D eigenvalue weighted by atomic mass is 10.2. The summed E-state index contributed by atoms with van der Waals surface area (Å²) in [6.07, 6.45) is 1.87. The minimum Gasteiger partial charge on any atom is -0.249 e. The van der Waals surface area contributed by atoms with Gasteiger partial charge in [0.05, 0.1) is 0 Å². The van der Waals surface area contributed by atoms with E-state index in [0.29, 0.717) is 0 Å². The van der Waals surface area contributed by atoms with Crippen LogP contribution in [0, 0.1) is 0 Å². The monoisotopic (exact) mass is 261 g/mol. The van der Waals surface area contributed by atoms with E-state index in [2.05, 4.69) is 42.2 Å². The predicted molar refractivity (Wildman–Crippen MR) is 76.6 cm³/mol. The first-order chi connectivity index (χ1) is 8.40. The van der Waals surface area contributed by atoms with Gasteiger partial charge in [0, 0.05) is 16.8 Å². The highest BCUT2D eigenvalue weighted by atomic mass is 32.2. The number of rotatable bonds is 5. The van der Waals surface area contributed by atoms with Crippen LogP contribution in [-0.4, -0.2) is 10.7 Å². The average molecular weight is 261 g/mol. The summed E-state index contributed by atoms with van der Waals surface area (Å²) < 4.78 is 0. The van der Waals surface area contributed by atoms with Gasteiger partial charge in [-0.3, -0.25) is 0 Å². The smallest absolute Gasteiger partial charge is 0.110 e. The van der Waals surface area contributed by atoms with E-state index in [1.54, 1.807) is 0 Å². The van der Waals surface area contributed by atoms with Gasteiger partial charge in [-0.2, -0.15) is 0 Å². The molecule has 1 aromatic heterocycles. The molecule has 0 N–H and O–H groups in total. The van der Waals surface area contributed by atoms with Crippen LogP contribution in [0.25, 0.3) is 0 Å². The van der Waals surface area contributed by atoms with Crippen LogP contribution in [0.1, 0.15) is 12.5 Å². The Bertz CT molecular complexity index is 457. The summed E-state index contributed by atoms with van der Waals surface area (Å²) in [7, 11) is 0. The Balaban J connectivity index is 2.03. The van der Waals surface area contributed by atoms with Crippen LogP contribution in [0.2, 0.25) is 0 Å². The van der Waals surface area contributed by atoms with Gasteiger partial charge in [-0.1, -0.05) is 37.3 Å². The van der Waals surface area contributed by atoms with Crippen molar-refractivity contribution in [3.8, 4) is 0 Å². The van der Waals surface area contributed by atoms with Crippen LogP contribution in [-0.2, 0) is 5.75 Å². The van der Waals surface area contributed by atoms with Crippen LogP contribution in [0.5, 0.6) is 0 Å². The molecule has 0 unspecified atom stereocenters. The summed E-state index contributed by atoms with van der Waals surface area (Å²) in [6.45, 7) is 2.17. The summed E-state index contributed by atoms with van der Waals surface area (Å²) >= 11 is 3.66. The molecule has 0 atom stereocenters. The number of benzene rings is 1. The standard InChI is InChI=1S/C14H15NS2/c1-2-16-13-9-6-10-15-14(13)17-11-12-7-4-3-5-8-12/h3-10H,2,11H2,1H3. The van der Waals surface area contributed by atoms with Gasteiger partial charge in [-0.15, -0.1) is 23.5 Å². The van der Waals surface area contributed by atoms with E-state index in [1.165, 1.54) is 10.5 Å². The van der Waals surface area contributed by atoms with E-state index in [4.69, 9.17) is 0 Å². The Morgan fingerprint density at radius 3 is 2.59 bits per heavy atom. The second-order valence-electron chi connectivity index (χ2n) is 3.51. The summed E-state index contributed by atoms with van der Waals surface area (Å²) in [5.41, 5.74) is 1.34. The van der Waals surface area contributed by atoms with Gasteiger partial charge >= 0.3 is 0 Å². The fourth-order valence-electron chi connectivity index (χ4n) is 1.48. The Kier molecular flexibility index (Phi) is 4.95. The first-order valence-corrected chi connectivity index (χ1v) is 7.62. The first-order valence-electron chi connectivity index (χ1n) is 5.64. The highest BCUT2D eigenvalue weighted by molar-refractivity contribution is 8.01. The number of hydrogen-bond acceptors (Lipinski definition) is 3.